The predicted octanol–water partition coefficient (Wildman–Crippen LogP) is 4.41. The van der Waals surface area contributed by atoms with Crippen LogP contribution in [-0.4, -0.2) is 13.1 Å². The van der Waals surface area contributed by atoms with Crippen molar-refractivity contribution in [2.45, 2.75) is 59.3 Å². The molecule has 0 atom stereocenters. The van der Waals surface area contributed by atoms with Gasteiger partial charge in [-0.2, -0.15) is 0 Å². The summed E-state index contributed by atoms with van der Waals surface area (Å²) in [7, 11) is 0. The molecule has 1 aromatic carbocycles. The normalized spacial score (nSPS) is 18.5. The van der Waals surface area contributed by atoms with E-state index in [0.29, 0.717) is 5.41 Å². The van der Waals surface area contributed by atoms with Crippen LogP contribution in [0.2, 0.25) is 0 Å². The molecule has 0 aromatic heterocycles. The van der Waals surface area contributed by atoms with Crippen molar-refractivity contribution < 1.29 is 0 Å². The lowest BCUT2D eigenvalue weighted by Crippen LogP contribution is -2.38. The number of benzene rings is 1. The van der Waals surface area contributed by atoms with Crippen LogP contribution in [0.25, 0.3) is 0 Å². The number of nitrogens with one attached hydrogen (secondary N) is 1. The molecule has 106 valence electrons. The highest BCUT2D eigenvalue weighted by Gasteiger charge is 2.32. The Morgan fingerprint density at radius 3 is 2.26 bits per heavy atom. The van der Waals surface area contributed by atoms with Gasteiger partial charge in [-0.25, -0.2) is 0 Å². The van der Waals surface area contributed by atoms with E-state index >= 15 is 0 Å². The molecule has 0 radical (unpaired) electrons. The van der Waals surface area contributed by atoms with Gasteiger partial charge in [0.25, 0.3) is 0 Å². The molecule has 1 N–H and O–H groups in total. The third-order valence-corrected chi connectivity index (χ3v) is 4.86. The molecule has 1 nitrogen and oxygen atoms in total. The van der Waals surface area contributed by atoms with Crippen molar-refractivity contribution in [1.82, 2.24) is 5.32 Å². The van der Waals surface area contributed by atoms with Crippen LogP contribution in [0.5, 0.6) is 0 Å². The monoisotopic (exact) mass is 259 g/mol. The maximum atomic E-state index is 3.62. The smallest absolute Gasteiger partial charge is 0.00109 e. The van der Waals surface area contributed by atoms with Crippen molar-refractivity contribution in [1.29, 1.82) is 0 Å². The van der Waals surface area contributed by atoms with Crippen LogP contribution in [0.1, 0.15) is 55.7 Å². The summed E-state index contributed by atoms with van der Waals surface area (Å²) in [5.74, 6) is 0. The van der Waals surface area contributed by atoms with Crippen molar-refractivity contribution >= 4 is 0 Å². The first kappa shape index (κ1) is 14.6. The van der Waals surface area contributed by atoms with Gasteiger partial charge in [0.05, 0.1) is 0 Å². The van der Waals surface area contributed by atoms with Gasteiger partial charge in [-0.05, 0) is 61.8 Å². The van der Waals surface area contributed by atoms with Crippen LogP contribution in [0.15, 0.2) is 18.2 Å². The fourth-order valence-electron chi connectivity index (χ4n) is 3.61. The minimum absolute atomic E-state index is 0.505. The zero-order chi connectivity index (χ0) is 13.7. The lowest BCUT2D eigenvalue weighted by atomic mass is 9.69. The van der Waals surface area contributed by atoms with Gasteiger partial charge in [0.1, 0.15) is 0 Å². The Labute approximate surface area is 118 Å². The molecule has 1 saturated carbocycles. The molecule has 1 heteroatoms. The summed E-state index contributed by atoms with van der Waals surface area (Å²) in [5.41, 5.74) is 5.05. The molecule has 0 unspecified atom stereocenters. The van der Waals surface area contributed by atoms with Crippen molar-refractivity contribution in [2.24, 2.45) is 5.41 Å². The van der Waals surface area contributed by atoms with E-state index in [-0.39, 0.29) is 0 Å². The summed E-state index contributed by atoms with van der Waals surface area (Å²) in [4.78, 5) is 0. The molecule has 0 saturated heterocycles. The van der Waals surface area contributed by atoms with Crippen LogP contribution >= 0.6 is 0 Å². The Morgan fingerprint density at radius 1 is 1.05 bits per heavy atom. The first-order valence-corrected chi connectivity index (χ1v) is 7.93. The van der Waals surface area contributed by atoms with E-state index in [0.717, 1.165) is 6.54 Å². The van der Waals surface area contributed by atoms with Crippen LogP contribution in [0.4, 0.5) is 0 Å². The topological polar surface area (TPSA) is 12.0 Å². The third-order valence-electron chi connectivity index (χ3n) is 4.86. The maximum Gasteiger partial charge on any atom is 0.00109 e. The Balaban J connectivity index is 2.19. The van der Waals surface area contributed by atoms with Crippen LogP contribution in [0, 0.1) is 19.3 Å². The first-order chi connectivity index (χ1) is 9.17. The second kappa shape index (κ2) is 6.56. The molecule has 19 heavy (non-hydrogen) atoms. The Hall–Kier alpha value is -0.820. The highest BCUT2D eigenvalue weighted by atomic mass is 14.9. The van der Waals surface area contributed by atoms with Gasteiger partial charge in [-0.3, -0.25) is 0 Å². The summed E-state index contributed by atoms with van der Waals surface area (Å²) in [6.45, 7) is 9.04. The van der Waals surface area contributed by atoms with Crippen molar-refractivity contribution in [3.63, 3.8) is 0 Å². The van der Waals surface area contributed by atoms with E-state index in [9.17, 15) is 0 Å². The number of hydrogen-bond donors (Lipinski definition) is 1. The first-order valence-electron chi connectivity index (χ1n) is 7.93. The lowest BCUT2D eigenvalue weighted by Gasteiger charge is -2.38. The standard InChI is InChI=1S/C18H29N/c1-4-19-14-18(11-6-5-7-12-18)13-17-15(2)9-8-10-16(17)3/h8-10,19H,4-7,11-14H2,1-3H3. The van der Waals surface area contributed by atoms with Crippen LogP contribution in [0.3, 0.4) is 0 Å². The van der Waals surface area contributed by atoms with E-state index < -0.39 is 0 Å². The van der Waals surface area contributed by atoms with E-state index in [1.807, 2.05) is 0 Å². The predicted molar refractivity (Wildman–Crippen MR) is 83.7 cm³/mol. The van der Waals surface area contributed by atoms with Crippen molar-refractivity contribution in [2.75, 3.05) is 13.1 Å². The average molecular weight is 259 g/mol. The van der Waals surface area contributed by atoms with Crippen LogP contribution < -0.4 is 5.32 Å². The van der Waals surface area contributed by atoms with Gasteiger partial charge in [0, 0.05) is 6.54 Å². The molecule has 1 aliphatic rings. The van der Waals surface area contributed by atoms with Crippen LogP contribution in [-0.2, 0) is 6.42 Å². The summed E-state index contributed by atoms with van der Waals surface area (Å²) in [6, 6.07) is 6.73. The summed E-state index contributed by atoms with van der Waals surface area (Å²) >= 11 is 0. The highest BCUT2D eigenvalue weighted by molar-refractivity contribution is 5.34. The lowest BCUT2D eigenvalue weighted by molar-refractivity contribution is 0.181. The second-order valence-electron chi connectivity index (χ2n) is 6.39. The fourth-order valence-corrected chi connectivity index (χ4v) is 3.61. The molecule has 1 aromatic rings. The zero-order valence-corrected chi connectivity index (χ0v) is 12.9. The average Bonchev–Trinajstić information content (AvgIpc) is 2.42. The molecule has 0 bridgehead atoms. The van der Waals surface area contributed by atoms with Gasteiger partial charge in [-0.1, -0.05) is 44.4 Å². The molecule has 1 fully saturated rings. The van der Waals surface area contributed by atoms with Gasteiger partial charge in [-0.15, -0.1) is 0 Å². The molecule has 0 heterocycles. The molecule has 1 aliphatic carbocycles. The van der Waals surface area contributed by atoms with Crippen molar-refractivity contribution in [3.8, 4) is 0 Å². The number of rotatable bonds is 5. The fraction of sp³-hybridized carbons (Fsp3) is 0.667. The van der Waals surface area contributed by atoms with E-state index in [1.165, 1.54) is 56.2 Å². The van der Waals surface area contributed by atoms with Gasteiger partial charge in [0.2, 0.25) is 0 Å². The second-order valence-corrected chi connectivity index (χ2v) is 6.39. The Kier molecular flexibility index (Phi) is 5.04. The molecular formula is C18H29N. The summed E-state index contributed by atoms with van der Waals surface area (Å²) in [6.07, 6.45) is 8.31. The van der Waals surface area contributed by atoms with E-state index in [4.69, 9.17) is 0 Å². The Bertz CT molecular complexity index is 382. The minimum atomic E-state index is 0.505. The largest absolute Gasteiger partial charge is 0.316 e. The van der Waals surface area contributed by atoms with E-state index in [2.05, 4.69) is 44.3 Å². The van der Waals surface area contributed by atoms with E-state index in [1.54, 1.807) is 5.56 Å². The van der Waals surface area contributed by atoms with Crippen molar-refractivity contribution in [3.05, 3.63) is 34.9 Å². The van der Waals surface area contributed by atoms with Gasteiger partial charge < -0.3 is 5.32 Å². The molecule has 0 amide bonds. The highest BCUT2D eigenvalue weighted by Crippen LogP contribution is 2.39. The number of aryl methyl sites for hydroxylation is 2. The number of hydrogen-bond acceptors (Lipinski definition) is 1. The molecular weight excluding hydrogens is 230 g/mol. The summed E-state index contributed by atoms with van der Waals surface area (Å²) in [5, 5.41) is 3.62. The zero-order valence-electron chi connectivity index (χ0n) is 12.9. The SMILES string of the molecule is CCNCC1(Cc2c(C)cccc2C)CCCCC1. The minimum Gasteiger partial charge on any atom is -0.316 e. The molecule has 0 spiro atoms. The van der Waals surface area contributed by atoms with Gasteiger partial charge >= 0.3 is 0 Å². The Morgan fingerprint density at radius 2 is 1.68 bits per heavy atom. The quantitative estimate of drug-likeness (QED) is 0.826. The molecule has 0 aliphatic heterocycles. The maximum absolute atomic E-state index is 3.62. The van der Waals surface area contributed by atoms with Gasteiger partial charge in [0.15, 0.2) is 0 Å². The molecule has 2 rings (SSSR count). The third kappa shape index (κ3) is 3.60. The summed E-state index contributed by atoms with van der Waals surface area (Å²) < 4.78 is 0.